The first kappa shape index (κ1) is 8.35. The fourth-order valence-electron chi connectivity index (χ4n) is 2.40. The van der Waals surface area contributed by atoms with Gasteiger partial charge in [0.2, 0.25) is 0 Å². The van der Waals surface area contributed by atoms with E-state index in [-0.39, 0.29) is 12.4 Å². The van der Waals surface area contributed by atoms with Crippen LogP contribution in [0.2, 0.25) is 0 Å². The van der Waals surface area contributed by atoms with Gasteiger partial charge >= 0.3 is 0 Å². The molecule has 0 heterocycles. The quantitative estimate of drug-likeness (QED) is 0.657. The first-order valence-electron chi connectivity index (χ1n) is 4.12. The lowest BCUT2D eigenvalue weighted by molar-refractivity contribution is 0.451. The summed E-state index contributed by atoms with van der Waals surface area (Å²) in [7, 11) is 0. The van der Waals surface area contributed by atoms with Gasteiger partial charge in [-0.15, -0.1) is 12.4 Å². The monoisotopic (exact) mass is 161 g/mol. The fourth-order valence-corrected chi connectivity index (χ4v) is 2.40. The van der Waals surface area contributed by atoms with E-state index in [0.29, 0.717) is 0 Å². The Kier molecular flexibility index (Phi) is 2.59. The summed E-state index contributed by atoms with van der Waals surface area (Å²) in [6, 6.07) is 0. The Hall–Kier alpha value is 0.250. The second-order valence-corrected chi connectivity index (χ2v) is 3.57. The Morgan fingerprint density at radius 3 is 2.50 bits per heavy atom. The molecule has 2 fully saturated rings. The van der Waals surface area contributed by atoms with Gasteiger partial charge in [0.15, 0.2) is 0 Å². The van der Waals surface area contributed by atoms with E-state index in [1.165, 1.54) is 25.7 Å². The van der Waals surface area contributed by atoms with E-state index in [0.717, 1.165) is 24.3 Å². The van der Waals surface area contributed by atoms with Gasteiger partial charge in [-0.25, -0.2) is 0 Å². The molecule has 60 valence electrons. The van der Waals surface area contributed by atoms with Gasteiger partial charge in [0, 0.05) is 0 Å². The molecule has 2 aliphatic rings. The van der Waals surface area contributed by atoms with Crippen LogP contribution >= 0.6 is 12.4 Å². The fraction of sp³-hybridized carbons (Fsp3) is 1.00. The van der Waals surface area contributed by atoms with Crippen LogP contribution in [0.4, 0.5) is 0 Å². The minimum absolute atomic E-state index is 0. The Labute approximate surface area is 68.8 Å². The van der Waals surface area contributed by atoms with Gasteiger partial charge in [-0.3, -0.25) is 0 Å². The zero-order chi connectivity index (χ0) is 6.27. The summed E-state index contributed by atoms with van der Waals surface area (Å²) in [5.41, 5.74) is 5.49. The molecule has 0 bridgehead atoms. The number of rotatable bonds is 2. The van der Waals surface area contributed by atoms with E-state index < -0.39 is 0 Å². The summed E-state index contributed by atoms with van der Waals surface area (Å²) in [6.07, 6.45) is 5.81. The summed E-state index contributed by atoms with van der Waals surface area (Å²) < 4.78 is 0. The van der Waals surface area contributed by atoms with Gasteiger partial charge in [0.25, 0.3) is 0 Å². The van der Waals surface area contributed by atoms with E-state index >= 15 is 0 Å². The third-order valence-electron chi connectivity index (χ3n) is 3.03. The van der Waals surface area contributed by atoms with Crippen LogP contribution in [0.5, 0.6) is 0 Å². The lowest BCUT2D eigenvalue weighted by Gasteiger charge is -2.07. The second kappa shape index (κ2) is 3.10. The molecule has 1 nitrogen and oxygen atoms in total. The summed E-state index contributed by atoms with van der Waals surface area (Å²) in [6.45, 7) is 0.911. The van der Waals surface area contributed by atoms with Gasteiger partial charge in [-0.1, -0.05) is 0 Å². The lowest BCUT2D eigenvalue weighted by Crippen LogP contribution is -2.07. The normalized spacial score (nSPS) is 42.3. The second-order valence-electron chi connectivity index (χ2n) is 3.57. The van der Waals surface area contributed by atoms with Crippen molar-refractivity contribution >= 4 is 12.4 Å². The molecule has 3 atom stereocenters. The Morgan fingerprint density at radius 1 is 1.30 bits per heavy atom. The molecular formula is C8H16ClN. The van der Waals surface area contributed by atoms with Crippen molar-refractivity contribution in [3.05, 3.63) is 0 Å². The van der Waals surface area contributed by atoms with Gasteiger partial charge in [-0.2, -0.15) is 0 Å². The Balaban J connectivity index is 0.000000500. The van der Waals surface area contributed by atoms with Crippen molar-refractivity contribution < 1.29 is 0 Å². The third-order valence-corrected chi connectivity index (χ3v) is 3.03. The summed E-state index contributed by atoms with van der Waals surface area (Å²) in [5, 5.41) is 0. The molecule has 2 aliphatic carbocycles. The molecule has 3 unspecified atom stereocenters. The smallest absolute Gasteiger partial charge is 0.00745 e. The van der Waals surface area contributed by atoms with E-state index in [4.69, 9.17) is 5.73 Å². The van der Waals surface area contributed by atoms with Crippen LogP contribution in [0.25, 0.3) is 0 Å². The molecular weight excluding hydrogens is 146 g/mol. The number of fused-ring (bicyclic) bond motifs is 1. The molecule has 2 N–H and O–H groups in total. The van der Waals surface area contributed by atoms with Crippen LogP contribution in [0.1, 0.15) is 25.7 Å². The van der Waals surface area contributed by atoms with Crippen molar-refractivity contribution in [3.8, 4) is 0 Å². The number of hydrogen-bond donors (Lipinski definition) is 1. The highest BCUT2D eigenvalue weighted by Crippen LogP contribution is 2.56. The molecule has 0 aromatic carbocycles. The largest absolute Gasteiger partial charge is 0.330 e. The molecule has 2 rings (SSSR count). The van der Waals surface area contributed by atoms with Crippen molar-refractivity contribution in [1.82, 2.24) is 0 Å². The van der Waals surface area contributed by atoms with Gasteiger partial charge in [-0.05, 0) is 50.0 Å². The third kappa shape index (κ3) is 1.30. The zero-order valence-electron chi connectivity index (χ0n) is 6.25. The zero-order valence-corrected chi connectivity index (χ0v) is 7.07. The molecule has 2 saturated carbocycles. The molecule has 0 aromatic heterocycles. The molecule has 0 saturated heterocycles. The average Bonchev–Trinajstić information content (AvgIpc) is 2.54. The number of halogens is 1. The predicted molar refractivity (Wildman–Crippen MR) is 45.2 cm³/mol. The predicted octanol–water partition coefficient (Wildman–Crippen LogP) is 1.80. The van der Waals surface area contributed by atoms with Crippen LogP contribution < -0.4 is 5.73 Å². The highest BCUT2D eigenvalue weighted by Gasteiger charge is 2.46. The van der Waals surface area contributed by atoms with Gasteiger partial charge < -0.3 is 5.73 Å². The van der Waals surface area contributed by atoms with Gasteiger partial charge in [0.1, 0.15) is 0 Å². The molecule has 0 aromatic rings. The van der Waals surface area contributed by atoms with Crippen LogP contribution in [-0.4, -0.2) is 6.54 Å². The molecule has 0 amide bonds. The Bertz CT molecular complexity index is 116. The van der Waals surface area contributed by atoms with Crippen LogP contribution in [0.15, 0.2) is 0 Å². The summed E-state index contributed by atoms with van der Waals surface area (Å²) in [5.74, 6) is 3.29. The van der Waals surface area contributed by atoms with Crippen molar-refractivity contribution in [2.75, 3.05) is 6.54 Å². The van der Waals surface area contributed by atoms with Crippen molar-refractivity contribution in [1.29, 1.82) is 0 Å². The number of hydrogen-bond acceptors (Lipinski definition) is 1. The minimum atomic E-state index is 0. The van der Waals surface area contributed by atoms with Gasteiger partial charge in [0.05, 0.1) is 0 Å². The number of nitrogens with two attached hydrogens (primary N) is 1. The first-order chi connectivity index (χ1) is 4.42. The van der Waals surface area contributed by atoms with Crippen molar-refractivity contribution in [3.63, 3.8) is 0 Å². The maximum atomic E-state index is 5.49. The van der Waals surface area contributed by atoms with Crippen molar-refractivity contribution in [2.45, 2.75) is 25.7 Å². The minimum Gasteiger partial charge on any atom is -0.330 e. The van der Waals surface area contributed by atoms with Crippen molar-refractivity contribution in [2.24, 2.45) is 23.5 Å². The lowest BCUT2D eigenvalue weighted by atomic mass is 10.00. The SMILES string of the molecule is Cl.NCCC1CCC2CC12. The van der Waals surface area contributed by atoms with Crippen LogP contribution in [-0.2, 0) is 0 Å². The van der Waals surface area contributed by atoms with Crippen LogP contribution in [0.3, 0.4) is 0 Å². The molecule has 0 aliphatic heterocycles. The molecule has 0 spiro atoms. The summed E-state index contributed by atoms with van der Waals surface area (Å²) >= 11 is 0. The van der Waals surface area contributed by atoms with E-state index in [9.17, 15) is 0 Å². The maximum Gasteiger partial charge on any atom is -0.00745 e. The maximum absolute atomic E-state index is 5.49. The van der Waals surface area contributed by atoms with Crippen LogP contribution in [0, 0.1) is 17.8 Å². The van der Waals surface area contributed by atoms with E-state index in [1.54, 1.807) is 0 Å². The topological polar surface area (TPSA) is 26.0 Å². The molecule has 0 radical (unpaired) electrons. The average molecular weight is 162 g/mol. The highest BCUT2D eigenvalue weighted by molar-refractivity contribution is 5.85. The summed E-state index contributed by atoms with van der Waals surface area (Å²) in [4.78, 5) is 0. The molecule has 2 heteroatoms. The molecule has 10 heavy (non-hydrogen) atoms. The first-order valence-corrected chi connectivity index (χ1v) is 4.12. The standard InChI is InChI=1S/C8H15N.ClH/c9-4-3-6-1-2-7-5-8(6)7;/h6-8H,1-5,9H2;1H. The van der Waals surface area contributed by atoms with E-state index in [2.05, 4.69) is 0 Å². The highest BCUT2D eigenvalue weighted by atomic mass is 35.5. The van der Waals surface area contributed by atoms with E-state index in [1.807, 2.05) is 0 Å². The Morgan fingerprint density at radius 2 is 2.10 bits per heavy atom.